The van der Waals surface area contributed by atoms with Crippen molar-refractivity contribution in [2.45, 2.75) is 12.1 Å². The van der Waals surface area contributed by atoms with E-state index < -0.39 is 18.0 Å². The highest BCUT2D eigenvalue weighted by molar-refractivity contribution is 6.26. The molecule has 8 nitrogen and oxygen atoms in total. The van der Waals surface area contributed by atoms with Gasteiger partial charge in [0.05, 0.1) is 25.6 Å². The number of carbonyl (C=O) groups is 2. The monoisotopic (exact) mass is 352 g/mol. The predicted molar refractivity (Wildman–Crippen MR) is 93.4 cm³/mol. The predicted octanol–water partition coefficient (Wildman–Crippen LogP) is 2.20. The highest BCUT2D eigenvalue weighted by atomic mass is 16.5. The van der Waals surface area contributed by atoms with Crippen LogP contribution >= 0.6 is 0 Å². The summed E-state index contributed by atoms with van der Waals surface area (Å²) in [6, 6.07) is 12.4. The van der Waals surface area contributed by atoms with E-state index in [4.69, 9.17) is 9.47 Å². The second-order valence-electron chi connectivity index (χ2n) is 5.86. The Hall–Kier alpha value is -3.42. The fraction of sp³-hybridized carbons (Fsp3) is 0.222. The molecule has 4 rings (SSSR count). The van der Waals surface area contributed by atoms with E-state index >= 15 is 0 Å². The van der Waals surface area contributed by atoms with Crippen molar-refractivity contribution in [3.8, 4) is 11.5 Å². The SMILES string of the molecule is COc1cc(OC)cc(N2C(=O)C3N=NN(c4ccccc4)C3C2=O)c1. The fourth-order valence-electron chi connectivity index (χ4n) is 3.13. The molecule has 0 aromatic heterocycles. The van der Waals surface area contributed by atoms with Crippen LogP contribution in [-0.4, -0.2) is 38.1 Å². The van der Waals surface area contributed by atoms with E-state index in [0.717, 1.165) is 4.90 Å². The van der Waals surface area contributed by atoms with Gasteiger partial charge in [-0.3, -0.25) is 9.59 Å². The fourth-order valence-corrected chi connectivity index (χ4v) is 3.13. The van der Waals surface area contributed by atoms with E-state index in [2.05, 4.69) is 10.3 Å². The Labute approximate surface area is 149 Å². The molecule has 0 bridgehead atoms. The van der Waals surface area contributed by atoms with Gasteiger partial charge in [0.15, 0.2) is 12.1 Å². The van der Waals surface area contributed by atoms with Crippen LogP contribution in [-0.2, 0) is 9.59 Å². The molecule has 0 N–H and O–H groups in total. The second kappa shape index (κ2) is 6.14. The first kappa shape index (κ1) is 16.1. The number of rotatable bonds is 4. The Morgan fingerprint density at radius 2 is 1.54 bits per heavy atom. The summed E-state index contributed by atoms with van der Waals surface area (Å²) >= 11 is 0. The van der Waals surface area contributed by atoms with Gasteiger partial charge in [0.2, 0.25) is 0 Å². The number of fused-ring (bicyclic) bond motifs is 1. The summed E-state index contributed by atoms with van der Waals surface area (Å²) < 4.78 is 10.5. The number of imide groups is 1. The summed E-state index contributed by atoms with van der Waals surface area (Å²) in [5, 5.41) is 9.54. The lowest BCUT2D eigenvalue weighted by Crippen LogP contribution is -2.39. The molecule has 2 aromatic rings. The zero-order valence-electron chi connectivity index (χ0n) is 14.2. The molecule has 1 fully saturated rings. The van der Waals surface area contributed by atoms with Gasteiger partial charge in [-0.25, -0.2) is 9.91 Å². The minimum absolute atomic E-state index is 0.383. The number of ether oxygens (including phenoxy) is 2. The molecule has 8 heteroatoms. The zero-order chi connectivity index (χ0) is 18.3. The first-order valence-corrected chi connectivity index (χ1v) is 8.00. The highest BCUT2D eigenvalue weighted by Crippen LogP contribution is 2.37. The van der Waals surface area contributed by atoms with Crippen LogP contribution in [0.4, 0.5) is 11.4 Å². The van der Waals surface area contributed by atoms with Crippen LogP contribution in [0.25, 0.3) is 0 Å². The van der Waals surface area contributed by atoms with Crippen molar-refractivity contribution in [2.75, 3.05) is 24.1 Å². The number of hydrogen-bond donors (Lipinski definition) is 0. The van der Waals surface area contributed by atoms with Crippen LogP contribution < -0.4 is 19.4 Å². The molecule has 0 radical (unpaired) electrons. The third kappa shape index (κ3) is 2.38. The summed E-state index contributed by atoms with van der Waals surface area (Å²) in [6.45, 7) is 0. The molecular formula is C18H16N4O4. The number of hydrogen-bond acceptors (Lipinski definition) is 7. The number of anilines is 2. The van der Waals surface area contributed by atoms with Crippen molar-refractivity contribution in [1.29, 1.82) is 0 Å². The minimum atomic E-state index is -0.861. The maximum Gasteiger partial charge on any atom is 0.263 e. The van der Waals surface area contributed by atoms with Gasteiger partial charge in [0.25, 0.3) is 11.8 Å². The van der Waals surface area contributed by atoms with Crippen LogP contribution in [0, 0.1) is 0 Å². The lowest BCUT2D eigenvalue weighted by Gasteiger charge is -2.21. The Morgan fingerprint density at radius 3 is 2.15 bits per heavy atom. The van der Waals surface area contributed by atoms with Crippen molar-refractivity contribution >= 4 is 23.2 Å². The maximum absolute atomic E-state index is 13.0. The topological polar surface area (TPSA) is 83.8 Å². The number of para-hydroxylation sites is 1. The van der Waals surface area contributed by atoms with E-state index in [0.29, 0.717) is 22.9 Å². The first-order valence-electron chi connectivity index (χ1n) is 8.00. The molecule has 2 aliphatic rings. The lowest BCUT2D eigenvalue weighted by molar-refractivity contribution is -0.121. The smallest absolute Gasteiger partial charge is 0.263 e. The molecule has 26 heavy (non-hydrogen) atoms. The summed E-state index contributed by atoms with van der Waals surface area (Å²) in [5.74, 6) is 0.166. The molecule has 0 spiro atoms. The van der Waals surface area contributed by atoms with E-state index in [1.54, 1.807) is 18.2 Å². The maximum atomic E-state index is 13.0. The third-order valence-electron chi connectivity index (χ3n) is 4.40. The summed E-state index contributed by atoms with van der Waals surface area (Å²) in [7, 11) is 3.01. The number of nitrogens with zero attached hydrogens (tertiary/aromatic N) is 4. The summed E-state index contributed by atoms with van der Waals surface area (Å²) in [5.41, 5.74) is 1.09. The van der Waals surface area contributed by atoms with Gasteiger partial charge in [-0.05, 0) is 12.1 Å². The van der Waals surface area contributed by atoms with Crippen molar-refractivity contribution in [3.63, 3.8) is 0 Å². The number of methoxy groups -OCH3 is 2. The van der Waals surface area contributed by atoms with Gasteiger partial charge in [0.1, 0.15) is 11.5 Å². The van der Waals surface area contributed by atoms with Crippen LogP contribution in [0.1, 0.15) is 0 Å². The molecule has 132 valence electrons. The van der Waals surface area contributed by atoms with Crippen molar-refractivity contribution in [2.24, 2.45) is 10.3 Å². The Balaban J connectivity index is 1.72. The van der Waals surface area contributed by atoms with Crippen LogP contribution in [0.2, 0.25) is 0 Å². The Morgan fingerprint density at radius 1 is 0.885 bits per heavy atom. The number of amides is 2. The third-order valence-corrected chi connectivity index (χ3v) is 4.40. The second-order valence-corrected chi connectivity index (χ2v) is 5.86. The molecule has 0 saturated carbocycles. The zero-order valence-corrected chi connectivity index (χ0v) is 14.2. The Kier molecular flexibility index (Phi) is 3.80. The van der Waals surface area contributed by atoms with Crippen LogP contribution in [0.5, 0.6) is 11.5 Å². The molecule has 2 atom stereocenters. The van der Waals surface area contributed by atoms with Gasteiger partial charge in [-0.15, -0.1) is 0 Å². The molecule has 2 aromatic carbocycles. The van der Waals surface area contributed by atoms with E-state index in [1.165, 1.54) is 19.2 Å². The van der Waals surface area contributed by atoms with Gasteiger partial charge >= 0.3 is 0 Å². The molecule has 1 saturated heterocycles. The standard InChI is InChI=1S/C18H16N4O4/c1-25-13-8-12(9-14(10-13)26-2)21-17(23)15-16(18(21)24)22(20-19-15)11-6-4-3-5-7-11/h3-10,15-16H,1-2H3. The van der Waals surface area contributed by atoms with Crippen LogP contribution in [0.15, 0.2) is 58.9 Å². The quantitative estimate of drug-likeness (QED) is 0.788. The molecule has 2 unspecified atom stereocenters. The average Bonchev–Trinajstić information content (AvgIpc) is 3.22. The highest BCUT2D eigenvalue weighted by Gasteiger charge is 2.55. The molecule has 0 aliphatic carbocycles. The normalized spacial score (nSPS) is 21.3. The average molecular weight is 352 g/mol. The van der Waals surface area contributed by atoms with E-state index in [9.17, 15) is 9.59 Å². The van der Waals surface area contributed by atoms with Gasteiger partial charge in [-0.1, -0.05) is 23.4 Å². The largest absolute Gasteiger partial charge is 0.497 e. The number of benzene rings is 2. The van der Waals surface area contributed by atoms with Gasteiger partial charge < -0.3 is 9.47 Å². The molecule has 2 aliphatic heterocycles. The summed E-state index contributed by atoms with van der Waals surface area (Å²) in [6.07, 6.45) is 0. The number of carbonyl (C=O) groups excluding carboxylic acids is 2. The lowest BCUT2D eigenvalue weighted by atomic mass is 10.1. The Bertz CT molecular complexity index is 877. The van der Waals surface area contributed by atoms with Gasteiger partial charge in [0, 0.05) is 18.2 Å². The van der Waals surface area contributed by atoms with Crippen molar-refractivity contribution < 1.29 is 19.1 Å². The van der Waals surface area contributed by atoms with Crippen molar-refractivity contribution in [1.82, 2.24) is 0 Å². The van der Waals surface area contributed by atoms with Crippen molar-refractivity contribution in [3.05, 3.63) is 48.5 Å². The van der Waals surface area contributed by atoms with E-state index in [1.807, 2.05) is 30.3 Å². The van der Waals surface area contributed by atoms with Crippen LogP contribution in [0.3, 0.4) is 0 Å². The minimum Gasteiger partial charge on any atom is -0.497 e. The summed E-state index contributed by atoms with van der Waals surface area (Å²) in [4.78, 5) is 27.0. The molecular weight excluding hydrogens is 336 g/mol. The van der Waals surface area contributed by atoms with E-state index in [-0.39, 0.29) is 5.91 Å². The molecule has 2 amide bonds. The first-order chi connectivity index (χ1) is 12.6. The molecule has 2 heterocycles. The van der Waals surface area contributed by atoms with Gasteiger partial charge in [-0.2, -0.15) is 5.11 Å².